The molecule has 23 heavy (non-hydrogen) atoms. The Hall–Kier alpha value is -2.12. The first-order chi connectivity index (χ1) is 11.2. The zero-order chi connectivity index (χ0) is 16.7. The van der Waals surface area contributed by atoms with E-state index in [1.165, 1.54) is 12.0 Å². The predicted molar refractivity (Wildman–Crippen MR) is 84.6 cm³/mol. The topological polar surface area (TPSA) is 85.1 Å². The number of amides is 1. The molecule has 0 spiro atoms. The van der Waals surface area contributed by atoms with Gasteiger partial charge >= 0.3 is 12.1 Å². The van der Waals surface area contributed by atoms with Gasteiger partial charge in [-0.25, -0.2) is 9.59 Å². The quantitative estimate of drug-likeness (QED) is 0.792. The third kappa shape index (κ3) is 4.67. The van der Waals surface area contributed by atoms with Crippen molar-refractivity contribution in [3.05, 3.63) is 35.9 Å². The highest BCUT2D eigenvalue weighted by atomic mass is 16.6. The van der Waals surface area contributed by atoms with Crippen molar-refractivity contribution in [3.63, 3.8) is 0 Å². The van der Waals surface area contributed by atoms with E-state index >= 15 is 0 Å². The van der Waals surface area contributed by atoms with Gasteiger partial charge in [0, 0.05) is 32.7 Å². The summed E-state index contributed by atoms with van der Waals surface area (Å²) in [4.78, 5) is 27.8. The molecule has 0 aliphatic carbocycles. The lowest BCUT2D eigenvalue weighted by Crippen LogP contribution is -2.59. The molecule has 7 heteroatoms. The van der Waals surface area contributed by atoms with Crippen LogP contribution in [-0.4, -0.2) is 67.7 Å². The smallest absolute Gasteiger partial charge is 0.410 e. The summed E-state index contributed by atoms with van der Waals surface area (Å²) in [6, 6.07) is 8.76. The van der Waals surface area contributed by atoms with Gasteiger partial charge in [0.1, 0.15) is 12.6 Å². The molecule has 0 aromatic heterocycles. The van der Waals surface area contributed by atoms with Gasteiger partial charge in [-0.2, -0.15) is 0 Å². The number of carbonyl (C=O) groups is 2. The SMILES string of the molecule is COC(=O)C1CN(CCN)CCN1C(=O)OCc1ccccc1. The van der Waals surface area contributed by atoms with Crippen LogP contribution < -0.4 is 5.73 Å². The van der Waals surface area contributed by atoms with Crippen LogP contribution in [0.5, 0.6) is 0 Å². The summed E-state index contributed by atoms with van der Waals surface area (Å²) in [6.45, 7) is 2.84. The molecule has 2 rings (SSSR count). The molecule has 1 heterocycles. The van der Waals surface area contributed by atoms with Gasteiger partial charge < -0.3 is 15.2 Å². The number of ether oxygens (including phenoxy) is 2. The molecule has 7 nitrogen and oxygen atoms in total. The van der Waals surface area contributed by atoms with Crippen LogP contribution in [0, 0.1) is 0 Å². The van der Waals surface area contributed by atoms with Crippen molar-refractivity contribution in [1.29, 1.82) is 0 Å². The maximum atomic E-state index is 12.3. The molecule has 1 fully saturated rings. The van der Waals surface area contributed by atoms with Crippen molar-refractivity contribution < 1.29 is 19.1 Å². The van der Waals surface area contributed by atoms with Gasteiger partial charge in [-0.05, 0) is 5.56 Å². The number of methoxy groups -OCH3 is 1. The maximum Gasteiger partial charge on any atom is 0.410 e. The summed E-state index contributed by atoms with van der Waals surface area (Å²) in [5.74, 6) is -0.441. The van der Waals surface area contributed by atoms with Crippen molar-refractivity contribution >= 4 is 12.1 Å². The Morgan fingerprint density at radius 3 is 2.65 bits per heavy atom. The van der Waals surface area contributed by atoms with Gasteiger partial charge in [-0.15, -0.1) is 0 Å². The molecule has 1 unspecified atom stereocenters. The first-order valence-electron chi connectivity index (χ1n) is 7.63. The molecule has 0 radical (unpaired) electrons. The van der Waals surface area contributed by atoms with Gasteiger partial charge in [-0.1, -0.05) is 30.3 Å². The summed E-state index contributed by atoms with van der Waals surface area (Å²) >= 11 is 0. The third-order valence-electron chi connectivity index (χ3n) is 3.82. The van der Waals surface area contributed by atoms with Crippen LogP contribution in [0.25, 0.3) is 0 Å². The van der Waals surface area contributed by atoms with Gasteiger partial charge in [0.15, 0.2) is 0 Å². The van der Waals surface area contributed by atoms with E-state index in [1.807, 2.05) is 35.2 Å². The maximum absolute atomic E-state index is 12.3. The monoisotopic (exact) mass is 321 g/mol. The molecule has 0 saturated carbocycles. The van der Waals surface area contributed by atoms with E-state index in [0.717, 1.165) is 5.56 Å². The Labute approximate surface area is 135 Å². The van der Waals surface area contributed by atoms with Gasteiger partial charge in [0.05, 0.1) is 7.11 Å². The van der Waals surface area contributed by atoms with E-state index in [1.54, 1.807) is 0 Å². The van der Waals surface area contributed by atoms with E-state index < -0.39 is 18.1 Å². The molecule has 1 aromatic carbocycles. The Morgan fingerprint density at radius 2 is 2.00 bits per heavy atom. The second-order valence-corrected chi connectivity index (χ2v) is 5.36. The number of nitrogens with zero attached hydrogens (tertiary/aromatic N) is 2. The third-order valence-corrected chi connectivity index (χ3v) is 3.82. The minimum absolute atomic E-state index is 0.177. The number of piperazine rings is 1. The number of nitrogens with two attached hydrogens (primary N) is 1. The lowest BCUT2D eigenvalue weighted by Gasteiger charge is -2.38. The Bertz CT molecular complexity index is 523. The molecule has 126 valence electrons. The van der Waals surface area contributed by atoms with Crippen molar-refractivity contribution in [2.45, 2.75) is 12.6 Å². The number of hydrogen-bond acceptors (Lipinski definition) is 6. The zero-order valence-corrected chi connectivity index (χ0v) is 13.3. The number of carbonyl (C=O) groups excluding carboxylic acids is 2. The van der Waals surface area contributed by atoms with Crippen molar-refractivity contribution in [1.82, 2.24) is 9.80 Å². The average Bonchev–Trinajstić information content (AvgIpc) is 2.60. The Balaban J connectivity index is 1.97. The normalized spacial score (nSPS) is 18.5. The summed E-state index contributed by atoms with van der Waals surface area (Å²) in [5, 5.41) is 0. The van der Waals surface area contributed by atoms with E-state index in [4.69, 9.17) is 15.2 Å². The number of benzene rings is 1. The van der Waals surface area contributed by atoms with Crippen LogP contribution in [0.1, 0.15) is 5.56 Å². The lowest BCUT2D eigenvalue weighted by atomic mass is 10.1. The first kappa shape index (κ1) is 17.2. The van der Waals surface area contributed by atoms with E-state index in [-0.39, 0.29) is 6.61 Å². The number of esters is 1. The highest BCUT2D eigenvalue weighted by molar-refractivity contribution is 5.82. The first-order valence-corrected chi connectivity index (χ1v) is 7.63. The molecule has 1 amide bonds. The van der Waals surface area contributed by atoms with Crippen LogP contribution in [0.4, 0.5) is 4.79 Å². The highest BCUT2D eigenvalue weighted by Crippen LogP contribution is 2.14. The fraction of sp³-hybridized carbons (Fsp3) is 0.500. The molecule has 1 atom stereocenters. The molecule has 1 aliphatic heterocycles. The second-order valence-electron chi connectivity index (χ2n) is 5.36. The second kappa shape index (κ2) is 8.50. The molecular weight excluding hydrogens is 298 g/mol. The van der Waals surface area contributed by atoms with Crippen molar-refractivity contribution in [2.24, 2.45) is 5.73 Å². The standard InChI is InChI=1S/C16H23N3O4/c1-22-15(20)14-11-18(8-7-17)9-10-19(14)16(21)23-12-13-5-3-2-4-6-13/h2-6,14H,7-12,17H2,1H3. The Morgan fingerprint density at radius 1 is 1.26 bits per heavy atom. The van der Waals surface area contributed by atoms with Gasteiger partial charge in [0.25, 0.3) is 0 Å². The summed E-state index contributed by atoms with van der Waals surface area (Å²) in [7, 11) is 1.32. The molecule has 0 bridgehead atoms. The van der Waals surface area contributed by atoms with Crippen LogP contribution in [0.15, 0.2) is 30.3 Å². The minimum atomic E-state index is -0.663. The van der Waals surface area contributed by atoms with Crippen molar-refractivity contribution in [2.75, 3.05) is 39.8 Å². The van der Waals surface area contributed by atoms with Gasteiger partial charge in [-0.3, -0.25) is 9.80 Å². The van der Waals surface area contributed by atoms with Gasteiger partial charge in [0.2, 0.25) is 0 Å². The molecule has 2 N–H and O–H groups in total. The Kier molecular flexibility index (Phi) is 6.37. The summed E-state index contributed by atoms with van der Waals surface area (Å²) in [5.41, 5.74) is 6.46. The van der Waals surface area contributed by atoms with Crippen LogP contribution in [-0.2, 0) is 20.9 Å². The highest BCUT2D eigenvalue weighted by Gasteiger charge is 2.36. The van der Waals surface area contributed by atoms with E-state index in [0.29, 0.717) is 32.7 Å². The molecular formula is C16H23N3O4. The summed E-state index contributed by atoms with van der Waals surface area (Å²) < 4.78 is 10.1. The fourth-order valence-corrected chi connectivity index (χ4v) is 2.58. The summed E-state index contributed by atoms with van der Waals surface area (Å²) in [6.07, 6.45) is -0.503. The number of hydrogen-bond donors (Lipinski definition) is 1. The molecule has 1 saturated heterocycles. The fourth-order valence-electron chi connectivity index (χ4n) is 2.58. The lowest BCUT2D eigenvalue weighted by molar-refractivity contribution is -0.148. The van der Waals surface area contributed by atoms with Crippen LogP contribution in [0.3, 0.4) is 0 Å². The zero-order valence-electron chi connectivity index (χ0n) is 13.3. The number of rotatable bonds is 5. The van der Waals surface area contributed by atoms with Crippen LogP contribution in [0.2, 0.25) is 0 Å². The van der Waals surface area contributed by atoms with E-state index in [9.17, 15) is 9.59 Å². The molecule has 1 aromatic rings. The predicted octanol–water partition coefficient (Wildman–Crippen LogP) is 0.441. The molecule has 1 aliphatic rings. The van der Waals surface area contributed by atoms with Crippen molar-refractivity contribution in [3.8, 4) is 0 Å². The van der Waals surface area contributed by atoms with Crippen LogP contribution >= 0.6 is 0 Å². The minimum Gasteiger partial charge on any atom is -0.467 e. The average molecular weight is 321 g/mol. The largest absolute Gasteiger partial charge is 0.467 e. The van der Waals surface area contributed by atoms with E-state index in [2.05, 4.69) is 0 Å².